The summed E-state index contributed by atoms with van der Waals surface area (Å²) in [5.41, 5.74) is 2.44. The van der Waals surface area contributed by atoms with Gasteiger partial charge in [0.1, 0.15) is 5.75 Å². The van der Waals surface area contributed by atoms with Crippen molar-refractivity contribution in [2.45, 2.75) is 13.3 Å². The summed E-state index contributed by atoms with van der Waals surface area (Å²) in [6, 6.07) is 6.22. The number of methoxy groups -OCH3 is 1. The molecule has 0 bridgehead atoms. The van der Waals surface area contributed by atoms with E-state index >= 15 is 0 Å². The monoisotopic (exact) mass is 261 g/mol. The van der Waals surface area contributed by atoms with Crippen LogP contribution in [-0.2, 0) is 6.42 Å². The van der Waals surface area contributed by atoms with Crippen LogP contribution in [-0.4, -0.2) is 33.2 Å². The molecule has 0 radical (unpaired) electrons. The largest absolute Gasteiger partial charge is 0.496 e. The van der Waals surface area contributed by atoms with Crippen LogP contribution in [0.3, 0.4) is 0 Å². The molecule has 4 nitrogen and oxygen atoms in total. The molecule has 4 heteroatoms. The Morgan fingerprint density at radius 3 is 2.84 bits per heavy atom. The minimum Gasteiger partial charge on any atom is -0.496 e. The zero-order chi connectivity index (χ0) is 14.1. The Morgan fingerprint density at radius 2 is 2.21 bits per heavy atom. The molecule has 0 atom stereocenters. The molecule has 1 aromatic carbocycles. The lowest BCUT2D eigenvalue weighted by atomic mass is 10.1. The quantitative estimate of drug-likeness (QED) is 0.467. The van der Waals surface area contributed by atoms with Gasteiger partial charge >= 0.3 is 0 Å². The Hall–Kier alpha value is -1.97. The molecule has 0 saturated heterocycles. The SMILES string of the molecule is C=CCNC(=NC)NCCc1cc(C)ccc1OC. The van der Waals surface area contributed by atoms with E-state index in [-0.39, 0.29) is 0 Å². The molecule has 1 aromatic rings. The van der Waals surface area contributed by atoms with E-state index in [1.165, 1.54) is 11.1 Å². The molecule has 0 spiro atoms. The number of hydrogen-bond donors (Lipinski definition) is 2. The number of guanidine groups is 1. The van der Waals surface area contributed by atoms with Gasteiger partial charge in [-0.3, -0.25) is 4.99 Å². The molecule has 104 valence electrons. The van der Waals surface area contributed by atoms with Gasteiger partial charge in [0.2, 0.25) is 0 Å². The lowest BCUT2D eigenvalue weighted by Crippen LogP contribution is -2.38. The summed E-state index contributed by atoms with van der Waals surface area (Å²) in [7, 11) is 3.46. The van der Waals surface area contributed by atoms with Crippen LogP contribution in [0.5, 0.6) is 5.75 Å². The average molecular weight is 261 g/mol. The highest BCUT2D eigenvalue weighted by Crippen LogP contribution is 2.19. The van der Waals surface area contributed by atoms with Crippen LogP contribution in [0.25, 0.3) is 0 Å². The third kappa shape index (κ3) is 5.04. The number of aliphatic imine (C=N–C) groups is 1. The van der Waals surface area contributed by atoms with Crippen molar-refractivity contribution >= 4 is 5.96 Å². The van der Waals surface area contributed by atoms with Crippen molar-refractivity contribution in [1.82, 2.24) is 10.6 Å². The van der Waals surface area contributed by atoms with Crippen molar-refractivity contribution in [2.75, 3.05) is 27.2 Å². The Labute approximate surface area is 115 Å². The van der Waals surface area contributed by atoms with Gasteiger partial charge in [-0.1, -0.05) is 23.8 Å². The summed E-state index contributed by atoms with van der Waals surface area (Å²) in [4.78, 5) is 4.13. The van der Waals surface area contributed by atoms with E-state index in [1.807, 2.05) is 6.07 Å². The third-order valence-electron chi connectivity index (χ3n) is 2.76. The molecule has 0 aliphatic rings. The summed E-state index contributed by atoms with van der Waals surface area (Å²) in [6.07, 6.45) is 2.69. The molecular weight excluding hydrogens is 238 g/mol. The van der Waals surface area contributed by atoms with Crippen molar-refractivity contribution in [1.29, 1.82) is 0 Å². The lowest BCUT2D eigenvalue weighted by molar-refractivity contribution is 0.409. The van der Waals surface area contributed by atoms with Gasteiger partial charge in [-0.2, -0.15) is 0 Å². The van der Waals surface area contributed by atoms with Crippen LogP contribution in [0.1, 0.15) is 11.1 Å². The molecule has 0 saturated carbocycles. The molecular formula is C15H23N3O. The molecule has 2 N–H and O–H groups in total. The maximum absolute atomic E-state index is 5.36. The van der Waals surface area contributed by atoms with Crippen LogP contribution in [0.2, 0.25) is 0 Å². The van der Waals surface area contributed by atoms with E-state index in [0.717, 1.165) is 24.7 Å². The van der Waals surface area contributed by atoms with Crippen LogP contribution in [0, 0.1) is 6.92 Å². The van der Waals surface area contributed by atoms with Gasteiger partial charge in [0.25, 0.3) is 0 Å². The highest BCUT2D eigenvalue weighted by atomic mass is 16.5. The maximum Gasteiger partial charge on any atom is 0.191 e. The van der Waals surface area contributed by atoms with Crippen molar-refractivity contribution < 1.29 is 4.74 Å². The van der Waals surface area contributed by atoms with Gasteiger partial charge in [0.15, 0.2) is 5.96 Å². The Morgan fingerprint density at radius 1 is 1.42 bits per heavy atom. The second-order valence-electron chi connectivity index (χ2n) is 4.23. The third-order valence-corrected chi connectivity index (χ3v) is 2.76. The lowest BCUT2D eigenvalue weighted by Gasteiger charge is -2.12. The van der Waals surface area contributed by atoms with Crippen molar-refractivity contribution in [3.8, 4) is 5.75 Å². The standard InChI is InChI=1S/C15H23N3O/c1-5-9-17-15(16-3)18-10-8-13-11-12(2)6-7-14(13)19-4/h5-7,11H,1,8-10H2,2-4H3,(H2,16,17,18). The topological polar surface area (TPSA) is 45.7 Å². The van der Waals surface area contributed by atoms with E-state index in [1.54, 1.807) is 20.2 Å². The van der Waals surface area contributed by atoms with Gasteiger partial charge in [-0.25, -0.2) is 0 Å². The number of nitrogens with zero attached hydrogens (tertiary/aromatic N) is 1. The Balaban J connectivity index is 2.52. The molecule has 0 amide bonds. The fraction of sp³-hybridized carbons (Fsp3) is 0.400. The van der Waals surface area contributed by atoms with E-state index in [0.29, 0.717) is 6.54 Å². The summed E-state index contributed by atoms with van der Waals surface area (Å²) in [5.74, 6) is 1.72. The Bertz CT molecular complexity index is 441. The minimum atomic E-state index is 0.702. The summed E-state index contributed by atoms with van der Waals surface area (Å²) in [6.45, 7) is 7.25. The molecule has 0 aliphatic carbocycles. The molecule has 0 fully saturated rings. The maximum atomic E-state index is 5.36. The number of benzene rings is 1. The first-order chi connectivity index (χ1) is 9.21. The number of ether oxygens (including phenoxy) is 1. The van der Waals surface area contributed by atoms with Gasteiger partial charge < -0.3 is 15.4 Å². The fourth-order valence-corrected chi connectivity index (χ4v) is 1.81. The molecule has 0 unspecified atom stereocenters. The van der Waals surface area contributed by atoms with Gasteiger partial charge in [-0.15, -0.1) is 6.58 Å². The van der Waals surface area contributed by atoms with Crippen molar-refractivity contribution in [3.63, 3.8) is 0 Å². The number of aryl methyl sites for hydroxylation is 1. The van der Waals surface area contributed by atoms with Crippen LogP contribution in [0.15, 0.2) is 35.8 Å². The smallest absolute Gasteiger partial charge is 0.191 e. The first-order valence-electron chi connectivity index (χ1n) is 6.40. The minimum absolute atomic E-state index is 0.702. The van der Waals surface area contributed by atoms with Crippen molar-refractivity contribution in [3.05, 3.63) is 42.0 Å². The molecule has 0 aliphatic heterocycles. The molecule has 0 heterocycles. The number of rotatable bonds is 6. The van der Waals surface area contributed by atoms with Crippen LogP contribution >= 0.6 is 0 Å². The van der Waals surface area contributed by atoms with Gasteiger partial charge in [0, 0.05) is 20.1 Å². The average Bonchev–Trinajstić information content (AvgIpc) is 2.43. The predicted octanol–water partition coefficient (Wildman–Crippen LogP) is 1.90. The number of hydrogen-bond acceptors (Lipinski definition) is 2. The van der Waals surface area contributed by atoms with Crippen LogP contribution < -0.4 is 15.4 Å². The second kappa shape index (κ2) is 8.19. The van der Waals surface area contributed by atoms with Crippen molar-refractivity contribution in [2.24, 2.45) is 4.99 Å². The summed E-state index contributed by atoms with van der Waals surface area (Å²) >= 11 is 0. The first kappa shape index (κ1) is 15.1. The van der Waals surface area contributed by atoms with E-state index < -0.39 is 0 Å². The first-order valence-corrected chi connectivity index (χ1v) is 6.40. The Kier molecular flexibility index (Phi) is 6.50. The molecule has 19 heavy (non-hydrogen) atoms. The molecule has 1 rings (SSSR count). The normalized spacial score (nSPS) is 11.0. The summed E-state index contributed by atoms with van der Waals surface area (Å²) in [5, 5.41) is 6.39. The van der Waals surface area contributed by atoms with E-state index in [9.17, 15) is 0 Å². The second-order valence-corrected chi connectivity index (χ2v) is 4.23. The highest BCUT2D eigenvalue weighted by Gasteiger charge is 2.03. The van der Waals surface area contributed by atoms with Crippen LogP contribution in [0.4, 0.5) is 0 Å². The fourth-order valence-electron chi connectivity index (χ4n) is 1.81. The predicted molar refractivity (Wildman–Crippen MR) is 81.0 cm³/mol. The van der Waals surface area contributed by atoms with E-state index in [4.69, 9.17) is 4.74 Å². The zero-order valence-electron chi connectivity index (χ0n) is 12.0. The van der Waals surface area contributed by atoms with Gasteiger partial charge in [0.05, 0.1) is 7.11 Å². The summed E-state index contributed by atoms with van der Waals surface area (Å²) < 4.78 is 5.36. The van der Waals surface area contributed by atoms with Gasteiger partial charge in [-0.05, 0) is 25.0 Å². The molecule has 0 aromatic heterocycles. The zero-order valence-corrected chi connectivity index (χ0v) is 12.0. The number of nitrogens with one attached hydrogen (secondary N) is 2. The highest BCUT2D eigenvalue weighted by molar-refractivity contribution is 5.79. The van der Waals surface area contributed by atoms with E-state index in [2.05, 4.69) is 41.3 Å².